The number of benzene rings is 2. The van der Waals surface area contributed by atoms with Crippen LogP contribution in [0.4, 0.5) is 18.9 Å². The number of ether oxygens (including phenoxy) is 1. The third kappa shape index (κ3) is 6.43. The molecule has 8 heteroatoms. The van der Waals surface area contributed by atoms with Crippen molar-refractivity contribution in [1.82, 2.24) is 0 Å². The van der Waals surface area contributed by atoms with Crippen molar-refractivity contribution in [1.29, 1.82) is 0 Å². The lowest BCUT2D eigenvalue weighted by atomic mass is 10.2. The Kier molecular flexibility index (Phi) is 7.56. The number of hydrogen-bond acceptors (Lipinski definition) is 2. The molecule has 2 rings (SSSR count). The molecule has 0 bridgehead atoms. The molecule has 146 valence electrons. The number of nitrogens with one attached hydrogen (secondary N) is 1. The van der Waals surface area contributed by atoms with Gasteiger partial charge in [0, 0.05) is 6.42 Å². The highest BCUT2D eigenvalue weighted by atomic mass is 79.9. The lowest BCUT2D eigenvalue weighted by Crippen LogP contribution is -2.14. The van der Waals surface area contributed by atoms with Gasteiger partial charge in [0.15, 0.2) is 0 Å². The Hall–Kier alpha value is -1.73. The molecule has 2 aromatic rings. The van der Waals surface area contributed by atoms with E-state index in [-0.39, 0.29) is 17.1 Å². The highest BCUT2D eigenvalue weighted by molar-refractivity contribution is 9.10. The minimum Gasteiger partial charge on any atom is -0.492 e. The van der Waals surface area contributed by atoms with Crippen LogP contribution < -0.4 is 10.1 Å². The summed E-state index contributed by atoms with van der Waals surface area (Å²) in [6.07, 6.45) is -3.09. The van der Waals surface area contributed by atoms with Crippen LogP contribution in [0.3, 0.4) is 0 Å². The lowest BCUT2D eigenvalue weighted by molar-refractivity contribution is -0.137. The van der Waals surface area contributed by atoms with Gasteiger partial charge >= 0.3 is 6.18 Å². The van der Waals surface area contributed by atoms with Gasteiger partial charge < -0.3 is 10.1 Å². The molecule has 0 radical (unpaired) electrons. The first-order valence-corrected chi connectivity index (χ1v) is 9.45. The van der Waals surface area contributed by atoms with Crippen molar-refractivity contribution in [3.8, 4) is 5.75 Å². The topological polar surface area (TPSA) is 38.3 Å². The van der Waals surface area contributed by atoms with Gasteiger partial charge in [-0.3, -0.25) is 4.79 Å². The maximum absolute atomic E-state index is 12.8. The van der Waals surface area contributed by atoms with Gasteiger partial charge in [-0.15, -0.1) is 0 Å². The number of rotatable bonds is 7. The van der Waals surface area contributed by atoms with E-state index in [4.69, 9.17) is 16.3 Å². The van der Waals surface area contributed by atoms with Crippen molar-refractivity contribution in [2.24, 2.45) is 0 Å². The van der Waals surface area contributed by atoms with E-state index in [2.05, 4.69) is 28.2 Å². The van der Waals surface area contributed by atoms with Crippen LogP contribution in [0.2, 0.25) is 5.02 Å². The fraction of sp³-hybridized carbons (Fsp3) is 0.316. The molecule has 0 atom stereocenters. The van der Waals surface area contributed by atoms with Gasteiger partial charge in [-0.2, -0.15) is 13.2 Å². The van der Waals surface area contributed by atoms with E-state index in [9.17, 15) is 18.0 Å². The van der Waals surface area contributed by atoms with Crippen molar-refractivity contribution in [3.63, 3.8) is 0 Å². The molecule has 1 N–H and O–H groups in total. The van der Waals surface area contributed by atoms with Crippen LogP contribution in [0.15, 0.2) is 40.9 Å². The van der Waals surface area contributed by atoms with Crippen molar-refractivity contribution in [2.45, 2.75) is 32.4 Å². The normalized spacial score (nSPS) is 11.3. The number of hydrogen-bond donors (Lipinski definition) is 1. The summed E-state index contributed by atoms with van der Waals surface area (Å²) in [5.41, 5.74) is 0.243. The first-order valence-electron chi connectivity index (χ1n) is 8.28. The molecule has 0 aliphatic rings. The molecular weight excluding hydrogens is 447 g/mol. The average molecular weight is 465 g/mol. The maximum atomic E-state index is 12.8. The van der Waals surface area contributed by atoms with Crippen molar-refractivity contribution in [3.05, 3.63) is 57.0 Å². The molecule has 27 heavy (non-hydrogen) atoms. The van der Waals surface area contributed by atoms with E-state index in [1.165, 1.54) is 5.56 Å². The predicted molar refractivity (Wildman–Crippen MR) is 103 cm³/mol. The molecule has 3 nitrogen and oxygen atoms in total. The molecular formula is C19H18BrClF3NO2. The lowest BCUT2D eigenvalue weighted by Gasteiger charge is -2.12. The van der Waals surface area contributed by atoms with Crippen molar-refractivity contribution in [2.75, 3.05) is 11.9 Å². The molecule has 2 aromatic carbocycles. The van der Waals surface area contributed by atoms with Crippen LogP contribution >= 0.6 is 27.5 Å². The molecule has 0 spiro atoms. The Labute approximate surface area is 169 Å². The Bertz CT molecular complexity index is 812. The SMILES string of the molecule is CCc1ccc(OCCCC(=O)Nc2cc(C(F)(F)F)ccc2Cl)c(Br)c1. The minimum atomic E-state index is -4.50. The second-order valence-electron chi connectivity index (χ2n) is 5.81. The fourth-order valence-corrected chi connectivity index (χ4v) is 3.01. The smallest absolute Gasteiger partial charge is 0.416 e. The van der Waals surface area contributed by atoms with E-state index in [0.29, 0.717) is 18.8 Å². The first kappa shape index (κ1) is 21.6. The van der Waals surface area contributed by atoms with E-state index >= 15 is 0 Å². The van der Waals surface area contributed by atoms with Crippen LogP contribution in [0.25, 0.3) is 0 Å². The van der Waals surface area contributed by atoms with Crippen molar-refractivity contribution >= 4 is 39.1 Å². The summed E-state index contributed by atoms with van der Waals surface area (Å²) >= 11 is 9.29. The molecule has 0 fully saturated rings. The first-order chi connectivity index (χ1) is 12.7. The van der Waals surface area contributed by atoms with Gasteiger partial charge in [-0.25, -0.2) is 0 Å². The Morgan fingerprint density at radius 1 is 1.22 bits per heavy atom. The summed E-state index contributed by atoms with van der Waals surface area (Å²) in [6.45, 7) is 2.35. The van der Waals surface area contributed by atoms with Crippen molar-refractivity contribution < 1.29 is 22.7 Å². The second-order valence-corrected chi connectivity index (χ2v) is 7.07. The summed E-state index contributed by atoms with van der Waals surface area (Å²) in [5, 5.41) is 2.46. The second kappa shape index (κ2) is 9.46. The number of halogens is 5. The third-order valence-electron chi connectivity index (χ3n) is 3.78. The van der Waals surface area contributed by atoms with Crippen LogP contribution in [0, 0.1) is 0 Å². The van der Waals surface area contributed by atoms with Gasteiger partial charge in [-0.1, -0.05) is 24.6 Å². The van der Waals surface area contributed by atoms with Crippen LogP contribution in [0.1, 0.15) is 30.9 Å². The Morgan fingerprint density at radius 3 is 2.59 bits per heavy atom. The quantitative estimate of drug-likeness (QED) is 0.476. The fourth-order valence-electron chi connectivity index (χ4n) is 2.31. The highest BCUT2D eigenvalue weighted by Gasteiger charge is 2.31. The monoisotopic (exact) mass is 463 g/mol. The summed E-state index contributed by atoms with van der Waals surface area (Å²) in [4.78, 5) is 12.0. The van der Waals surface area contributed by atoms with Gasteiger partial charge in [-0.05, 0) is 64.7 Å². The van der Waals surface area contributed by atoms with E-state index < -0.39 is 17.6 Å². The number of aryl methyl sites for hydroxylation is 1. The van der Waals surface area contributed by atoms with Gasteiger partial charge in [0.25, 0.3) is 0 Å². The summed E-state index contributed by atoms with van der Waals surface area (Å²) < 4.78 is 44.7. The molecule has 0 aliphatic carbocycles. The Balaban J connectivity index is 1.85. The van der Waals surface area contributed by atoms with E-state index in [0.717, 1.165) is 29.1 Å². The molecule has 1 amide bonds. The molecule has 0 aromatic heterocycles. The van der Waals surface area contributed by atoms with Crippen LogP contribution in [0.5, 0.6) is 5.75 Å². The molecule has 0 aliphatic heterocycles. The maximum Gasteiger partial charge on any atom is 0.416 e. The average Bonchev–Trinajstić information content (AvgIpc) is 2.60. The molecule has 0 heterocycles. The number of carbonyl (C=O) groups excluding carboxylic acids is 1. The Morgan fingerprint density at radius 2 is 1.96 bits per heavy atom. The number of alkyl halides is 3. The predicted octanol–water partition coefficient (Wildman–Crippen LogP) is 6.48. The van der Waals surface area contributed by atoms with Gasteiger partial charge in [0.05, 0.1) is 27.4 Å². The summed E-state index contributed by atoms with van der Waals surface area (Å²) in [5.74, 6) is 0.244. The van der Waals surface area contributed by atoms with E-state index in [1.807, 2.05) is 18.2 Å². The molecule has 0 saturated heterocycles. The largest absolute Gasteiger partial charge is 0.492 e. The highest BCUT2D eigenvalue weighted by Crippen LogP contribution is 2.34. The standard InChI is InChI=1S/C19H18BrClF3NO2/c1-2-12-5-8-17(14(20)10-12)27-9-3-4-18(26)25-16-11-13(19(22,23)24)6-7-15(16)21/h5-8,10-11H,2-4,9H2,1H3,(H,25,26). The van der Waals surface area contributed by atoms with Crippen LogP contribution in [-0.2, 0) is 17.4 Å². The number of amides is 1. The molecule has 0 saturated carbocycles. The zero-order chi connectivity index (χ0) is 20.0. The zero-order valence-electron chi connectivity index (χ0n) is 14.5. The minimum absolute atomic E-state index is 0.0487. The number of carbonyl (C=O) groups is 1. The molecule has 0 unspecified atom stereocenters. The van der Waals surface area contributed by atoms with E-state index in [1.54, 1.807) is 0 Å². The van der Waals surface area contributed by atoms with Gasteiger partial charge in [0.2, 0.25) is 5.91 Å². The summed E-state index contributed by atoms with van der Waals surface area (Å²) in [7, 11) is 0. The van der Waals surface area contributed by atoms with Crippen LogP contribution in [-0.4, -0.2) is 12.5 Å². The summed E-state index contributed by atoms with van der Waals surface area (Å²) in [6, 6.07) is 8.59. The zero-order valence-corrected chi connectivity index (χ0v) is 16.8. The third-order valence-corrected chi connectivity index (χ3v) is 4.73. The number of anilines is 1. The van der Waals surface area contributed by atoms with Gasteiger partial charge in [0.1, 0.15) is 5.75 Å².